The van der Waals surface area contributed by atoms with Crippen LogP contribution in [-0.2, 0) is 19.0 Å². The molecule has 0 bridgehead atoms. The Kier molecular flexibility index (Phi) is 3.60. The topological polar surface area (TPSA) is 95.7 Å². The van der Waals surface area contributed by atoms with Gasteiger partial charge in [0.25, 0.3) is 15.8 Å². The summed E-state index contributed by atoms with van der Waals surface area (Å²) in [7, 11) is -3.89. The van der Waals surface area contributed by atoms with Crippen LogP contribution in [0, 0.1) is 10.1 Å². The van der Waals surface area contributed by atoms with E-state index in [0.29, 0.717) is 13.0 Å². The summed E-state index contributed by atoms with van der Waals surface area (Å²) in [5.41, 5.74) is -0.168. The van der Waals surface area contributed by atoms with Crippen LogP contribution in [0.25, 0.3) is 0 Å². The first-order chi connectivity index (χ1) is 8.49. The second-order valence-corrected chi connectivity index (χ2v) is 5.36. The molecule has 0 aromatic heterocycles. The number of rotatable bonds is 4. The van der Waals surface area contributed by atoms with Crippen molar-refractivity contribution in [1.82, 2.24) is 0 Å². The van der Waals surface area contributed by atoms with E-state index in [4.69, 9.17) is 8.92 Å². The Balaban J connectivity index is 2.16. The van der Waals surface area contributed by atoms with Gasteiger partial charge in [0, 0.05) is 25.2 Å². The lowest BCUT2D eigenvalue weighted by Gasteiger charge is -2.09. The summed E-state index contributed by atoms with van der Waals surface area (Å²) in [6.07, 6.45) is 0.0387. The van der Waals surface area contributed by atoms with E-state index in [9.17, 15) is 18.5 Å². The fraction of sp³-hybridized carbons (Fsp3) is 0.400. The minimum Gasteiger partial charge on any atom is -0.379 e. The molecule has 1 aromatic carbocycles. The third-order valence-electron chi connectivity index (χ3n) is 2.49. The van der Waals surface area contributed by atoms with Crippen molar-refractivity contribution in [3.05, 3.63) is 34.4 Å². The van der Waals surface area contributed by atoms with Gasteiger partial charge in [-0.2, -0.15) is 8.42 Å². The Morgan fingerprint density at radius 2 is 2.00 bits per heavy atom. The van der Waals surface area contributed by atoms with Crippen molar-refractivity contribution in [2.24, 2.45) is 0 Å². The quantitative estimate of drug-likeness (QED) is 0.463. The number of nitro groups is 1. The Labute approximate surface area is 104 Å². The Morgan fingerprint density at radius 3 is 2.50 bits per heavy atom. The summed E-state index contributed by atoms with van der Waals surface area (Å²) in [6.45, 7) is 0.715. The number of benzene rings is 1. The molecule has 98 valence electrons. The van der Waals surface area contributed by atoms with Crippen LogP contribution >= 0.6 is 0 Å². The van der Waals surface area contributed by atoms with E-state index >= 15 is 0 Å². The lowest BCUT2D eigenvalue weighted by molar-refractivity contribution is -0.384. The van der Waals surface area contributed by atoms with Gasteiger partial charge in [0.2, 0.25) is 0 Å². The van der Waals surface area contributed by atoms with E-state index in [1.807, 2.05) is 0 Å². The van der Waals surface area contributed by atoms with Crippen molar-refractivity contribution in [1.29, 1.82) is 0 Å². The van der Waals surface area contributed by atoms with Gasteiger partial charge in [-0.05, 0) is 12.1 Å². The fourth-order valence-electron chi connectivity index (χ4n) is 1.56. The average molecular weight is 273 g/mol. The van der Waals surface area contributed by atoms with Gasteiger partial charge in [-0.3, -0.25) is 14.3 Å². The van der Waals surface area contributed by atoms with E-state index in [2.05, 4.69) is 0 Å². The summed E-state index contributed by atoms with van der Waals surface area (Å²) >= 11 is 0. The second kappa shape index (κ2) is 5.01. The lowest BCUT2D eigenvalue weighted by atomic mass is 10.3. The number of ether oxygens (including phenoxy) is 1. The standard InChI is InChI=1S/C10H11NO6S/c12-11(13)8-1-3-10(4-2-8)18(14,15)17-9-5-6-16-7-9/h1-4,9H,5-7H2. The van der Waals surface area contributed by atoms with Gasteiger partial charge in [0.05, 0.1) is 16.4 Å². The first-order valence-corrected chi connectivity index (χ1v) is 6.65. The normalized spacial score (nSPS) is 19.9. The number of non-ortho nitro benzene ring substituents is 1. The number of nitrogens with zero attached hydrogens (tertiary/aromatic N) is 1. The second-order valence-electron chi connectivity index (χ2n) is 3.79. The largest absolute Gasteiger partial charge is 0.379 e. The molecule has 1 heterocycles. The number of nitro benzene ring substituents is 1. The molecule has 0 aliphatic carbocycles. The highest BCUT2D eigenvalue weighted by Crippen LogP contribution is 2.20. The molecule has 0 saturated carbocycles. The smallest absolute Gasteiger partial charge is 0.297 e. The van der Waals surface area contributed by atoms with Crippen LogP contribution < -0.4 is 0 Å². The van der Waals surface area contributed by atoms with Crippen LogP contribution in [0.15, 0.2) is 29.2 Å². The molecule has 8 heteroatoms. The maximum absolute atomic E-state index is 11.8. The molecule has 18 heavy (non-hydrogen) atoms. The molecule has 1 fully saturated rings. The molecule has 1 aliphatic heterocycles. The van der Waals surface area contributed by atoms with E-state index in [1.165, 1.54) is 0 Å². The summed E-state index contributed by atoms with van der Waals surface area (Å²) in [6, 6.07) is 4.56. The Hall–Kier alpha value is -1.51. The lowest BCUT2D eigenvalue weighted by Crippen LogP contribution is -2.18. The highest BCUT2D eigenvalue weighted by Gasteiger charge is 2.25. The van der Waals surface area contributed by atoms with E-state index in [0.717, 1.165) is 24.3 Å². The van der Waals surface area contributed by atoms with Crippen LogP contribution in [-0.4, -0.2) is 32.7 Å². The van der Waals surface area contributed by atoms with Crippen molar-refractivity contribution in [3.63, 3.8) is 0 Å². The van der Waals surface area contributed by atoms with Crippen molar-refractivity contribution >= 4 is 15.8 Å². The molecule has 1 saturated heterocycles. The SMILES string of the molecule is O=[N+]([O-])c1ccc(S(=O)(=O)OC2CCOC2)cc1. The van der Waals surface area contributed by atoms with E-state index in [1.54, 1.807) is 0 Å². The van der Waals surface area contributed by atoms with Crippen LogP contribution in [0.3, 0.4) is 0 Å². The van der Waals surface area contributed by atoms with Gasteiger partial charge in [-0.15, -0.1) is 0 Å². The van der Waals surface area contributed by atoms with Crippen molar-refractivity contribution in [2.45, 2.75) is 17.4 Å². The first kappa shape index (κ1) is 12.9. The monoisotopic (exact) mass is 273 g/mol. The summed E-state index contributed by atoms with van der Waals surface area (Å²) < 4.78 is 33.6. The van der Waals surface area contributed by atoms with Gasteiger partial charge in [0.15, 0.2) is 0 Å². The van der Waals surface area contributed by atoms with Gasteiger partial charge in [-0.1, -0.05) is 0 Å². The van der Waals surface area contributed by atoms with Gasteiger partial charge in [-0.25, -0.2) is 0 Å². The molecule has 1 aliphatic rings. The third kappa shape index (κ3) is 2.84. The molecule has 0 amide bonds. The van der Waals surface area contributed by atoms with E-state index in [-0.39, 0.29) is 17.2 Å². The molecule has 1 unspecified atom stereocenters. The number of hydrogen-bond donors (Lipinski definition) is 0. The minimum absolute atomic E-state index is 0.0972. The molecule has 1 atom stereocenters. The molecule has 2 rings (SSSR count). The van der Waals surface area contributed by atoms with E-state index < -0.39 is 21.1 Å². The highest BCUT2D eigenvalue weighted by molar-refractivity contribution is 7.86. The van der Waals surface area contributed by atoms with Crippen molar-refractivity contribution < 1.29 is 22.3 Å². The molecule has 0 radical (unpaired) electrons. The Morgan fingerprint density at radius 1 is 1.33 bits per heavy atom. The van der Waals surface area contributed by atoms with Crippen LogP contribution in [0.4, 0.5) is 5.69 Å². The zero-order valence-electron chi connectivity index (χ0n) is 9.31. The molecule has 0 spiro atoms. The van der Waals surface area contributed by atoms with Gasteiger partial charge < -0.3 is 4.74 Å². The summed E-state index contributed by atoms with van der Waals surface area (Å²) in [5.74, 6) is 0. The maximum Gasteiger partial charge on any atom is 0.297 e. The first-order valence-electron chi connectivity index (χ1n) is 5.24. The predicted molar refractivity (Wildman–Crippen MR) is 60.6 cm³/mol. The molecule has 7 nitrogen and oxygen atoms in total. The molecule has 1 aromatic rings. The molecular weight excluding hydrogens is 262 g/mol. The van der Waals surface area contributed by atoms with Gasteiger partial charge in [0.1, 0.15) is 6.10 Å². The molecular formula is C10H11NO6S. The minimum atomic E-state index is -3.89. The van der Waals surface area contributed by atoms with Crippen LogP contribution in [0.1, 0.15) is 6.42 Å². The van der Waals surface area contributed by atoms with Gasteiger partial charge >= 0.3 is 0 Å². The highest BCUT2D eigenvalue weighted by atomic mass is 32.2. The number of hydrogen-bond acceptors (Lipinski definition) is 6. The third-order valence-corrected chi connectivity index (χ3v) is 3.86. The fourth-order valence-corrected chi connectivity index (χ4v) is 2.65. The Bertz CT molecular complexity index is 532. The zero-order valence-corrected chi connectivity index (χ0v) is 10.1. The molecule has 0 N–H and O–H groups in total. The van der Waals surface area contributed by atoms with Crippen LogP contribution in [0.5, 0.6) is 0 Å². The predicted octanol–water partition coefficient (Wildman–Crippen LogP) is 1.09. The van der Waals surface area contributed by atoms with Crippen molar-refractivity contribution in [2.75, 3.05) is 13.2 Å². The zero-order chi connectivity index (χ0) is 13.2. The maximum atomic E-state index is 11.8. The average Bonchev–Trinajstić information content (AvgIpc) is 2.81. The van der Waals surface area contributed by atoms with Crippen LogP contribution in [0.2, 0.25) is 0 Å². The summed E-state index contributed by atoms with van der Waals surface area (Å²) in [4.78, 5) is 9.76. The summed E-state index contributed by atoms with van der Waals surface area (Å²) in [5, 5.41) is 10.4. The van der Waals surface area contributed by atoms with Crippen molar-refractivity contribution in [3.8, 4) is 0 Å².